The van der Waals surface area contributed by atoms with Crippen LogP contribution in [0, 0.1) is 21.7 Å². The first kappa shape index (κ1) is 15.7. The first-order chi connectivity index (χ1) is 9.75. The number of rotatable bonds is 4. The molecule has 0 spiro atoms. The molecule has 1 heterocycles. The van der Waals surface area contributed by atoms with E-state index in [1.165, 1.54) is 7.05 Å². The smallest absolute Gasteiger partial charge is 0.306 e. The highest BCUT2D eigenvalue weighted by atomic mass is 32.2. The fourth-order valence-corrected chi connectivity index (χ4v) is 3.61. The number of nitro benzene ring substituents is 1. The number of halogens is 2. The van der Waals surface area contributed by atoms with Gasteiger partial charge in [0.25, 0.3) is 0 Å². The van der Waals surface area contributed by atoms with Crippen molar-refractivity contribution in [3.8, 4) is 0 Å². The highest BCUT2D eigenvalue weighted by Crippen LogP contribution is 2.28. The fourth-order valence-electron chi connectivity index (χ4n) is 2.16. The molecule has 1 atom stereocenters. The third-order valence-electron chi connectivity index (χ3n) is 3.40. The molecule has 10 heteroatoms. The van der Waals surface area contributed by atoms with Crippen molar-refractivity contribution in [1.29, 1.82) is 0 Å². The molecule has 21 heavy (non-hydrogen) atoms. The van der Waals surface area contributed by atoms with E-state index in [9.17, 15) is 27.3 Å². The van der Waals surface area contributed by atoms with E-state index in [1.54, 1.807) is 0 Å². The van der Waals surface area contributed by atoms with Gasteiger partial charge in [-0.15, -0.1) is 0 Å². The van der Waals surface area contributed by atoms with Crippen molar-refractivity contribution < 1.29 is 22.1 Å². The van der Waals surface area contributed by atoms with Crippen LogP contribution >= 0.6 is 0 Å². The Morgan fingerprint density at radius 2 is 2.05 bits per heavy atom. The van der Waals surface area contributed by atoms with E-state index in [2.05, 4.69) is 5.32 Å². The van der Waals surface area contributed by atoms with E-state index in [4.69, 9.17) is 0 Å². The molecule has 1 aromatic rings. The second kappa shape index (κ2) is 5.62. The molecule has 0 amide bonds. The van der Waals surface area contributed by atoms with Crippen LogP contribution in [0.3, 0.4) is 0 Å². The lowest BCUT2D eigenvalue weighted by Crippen LogP contribution is -2.38. The van der Waals surface area contributed by atoms with Gasteiger partial charge in [0.1, 0.15) is 10.7 Å². The molecule has 1 N–H and O–H groups in total. The zero-order valence-electron chi connectivity index (χ0n) is 11.0. The van der Waals surface area contributed by atoms with Gasteiger partial charge in [0.05, 0.1) is 4.92 Å². The SMILES string of the molecule is CN(C1CCNC1)S(=O)(=O)c1cc([N+](=O)[O-])c(F)cc1F. The van der Waals surface area contributed by atoms with E-state index in [0.717, 1.165) is 4.31 Å². The molecule has 7 nitrogen and oxygen atoms in total. The van der Waals surface area contributed by atoms with Crippen molar-refractivity contribution in [2.75, 3.05) is 20.1 Å². The fraction of sp³-hybridized carbons (Fsp3) is 0.455. The molecule has 0 aliphatic carbocycles. The summed E-state index contributed by atoms with van der Waals surface area (Å²) in [6.45, 7) is 1.03. The summed E-state index contributed by atoms with van der Waals surface area (Å²) in [5, 5.41) is 13.6. The number of nitrogens with zero attached hydrogens (tertiary/aromatic N) is 2. The minimum atomic E-state index is -4.28. The lowest BCUT2D eigenvalue weighted by atomic mass is 10.3. The molecular formula is C11H13F2N3O4S. The van der Waals surface area contributed by atoms with Crippen LogP contribution in [0.2, 0.25) is 0 Å². The Morgan fingerprint density at radius 3 is 2.57 bits per heavy atom. The first-order valence-electron chi connectivity index (χ1n) is 6.07. The van der Waals surface area contributed by atoms with Crippen LogP contribution < -0.4 is 5.32 Å². The summed E-state index contributed by atoms with van der Waals surface area (Å²) in [7, 11) is -3.01. The van der Waals surface area contributed by atoms with Gasteiger partial charge in [0.15, 0.2) is 0 Å². The van der Waals surface area contributed by atoms with E-state index < -0.39 is 37.2 Å². The van der Waals surface area contributed by atoms with E-state index in [0.29, 0.717) is 25.6 Å². The first-order valence-corrected chi connectivity index (χ1v) is 7.51. The van der Waals surface area contributed by atoms with Crippen molar-refractivity contribution in [2.24, 2.45) is 0 Å². The lowest BCUT2D eigenvalue weighted by molar-refractivity contribution is -0.387. The largest absolute Gasteiger partial charge is 0.315 e. The second-order valence-electron chi connectivity index (χ2n) is 4.66. The zero-order chi connectivity index (χ0) is 15.8. The molecule has 1 aromatic carbocycles. The maximum absolute atomic E-state index is 13.8. The summed E-state index contributed by atoms with van der Waals surface area (Å²) in [4.78, 5) is 8.67. The van der Waals surface area contributed by atoms with E-state index in [1.807, 2.05) is 0 Å². The number of nitro groups is 1. The Hall–Kier alpha value is -1.65. The molecule has 0 bridgehead atoms. The van der Waals surface area contributed by atoms with Gasteiger partial charge in [-0.1, -0.05) is 0 Å². The van der Waals surface area contributed by atoms with Crippen LogP contribution in [0.25, 0.3) is 0 Å². The van der Waals surface area contributed by atoms with E-state index >= 15 is 0 Å². The van der Waals surface area contributed by atoms with Gasteiger partial charge in [-0.25, -0.2) is 12.8 Å². The molecule has 1 aliphatic rings. The number of likely N-dealkylation sites (N-methyl/N-ethyl adjacent to an activating group) is 1. The quantitative estimate of drug-likeness (QED) is 0.656. The topological polar surface area (TPSA) is 92.6 Å². The number of hydrogen-bond acceptors (Lipinski definition) is 5. The highest BCUT2D eigenvalue weighted by Gasteiger charge is 2.34. The molecular weight excluding hydrogens is 308 g/mol. The van der Waals surface area contributed by atoms with Crippen LogP contribution in [0.4, 0.5) is 14.5 Å². The zero-order valence-corrected chi connectivity index (χ0v) is 11.9. The van der Waals surface area contributed by atoms with Crippen molar-refractivity contribution in [3.05, 3.63) is 33.9 Å². The van der Waals surface area contributed by atoms with Crippen molar-refractivity contribution in [1.82, 2.24) is 9.62 Å². The Morgan fingerprint density at radius 1 is 1.38 bits per heavy atom. The molecule has 2 rings (SSSR count). The van der Waals surface area contributed by atoms with Crippen LogP contribution in [0.1, 0.15) is 6.42 Å². The Kier molecular flexibility index (Phi) is 4.21. The maximum Gasteiger partial charge on any atom is 0.306 e. The Labute approximate surface area is 119 Å². The summed E-state index contributed by atoms with van der Waals surface area (Å²) in [5.41, 5.74) is -1.08. The molecule has 0 aromatic heterocycles. The molecule has 0 radical (unpaired) electrons. The maximum atomic E-state index is 13.8. The van der Waals surface area contributed by atoms with Gasteiger partial charge in [-0.3, -0.25) is 10.1 Å². The molecule has 1 saturated heterocycles. The van der Waals surface area contributed by atoms with Crippen LogP contribution in [0.15, 0.2) is 17.0 Å². The number of hydrogen-bond donors (Lipinski definition) is 1. The molecule has 0 saturated carbocycles. The van der Waals surface area contributed by atoms with Gasteiger partial charge in [0, 0.05) is 31.8 Å². The van der Waals surface area contributed by atoms with Gasteiger partial charge >= 0.3 is 5.69 Å². The van der Waals surface area contributed by atoms with Gasteiger partial charge in [0.2, 0.25) is 15.8 Å². The molecule has 1 fully saturated rings. The molecule has 116 valence electrons. The van der Waals surface area contributed by atoms with Gasteiger partial charge < -0.3 is 5.32 Å². The van der Waals surface area contributed by atoms with Crippen molar-refractivity contribution in [3.63, 3.8) is 0 Å². The van der Waals surface area contributed by atoms with Gasteiger partial charge in [-0.2, -0.15) is 8.70 Å². The standard InChI is InChI=1S/C11H13F2N3O4S/c1-15(7-2-3-14-6-7)21(19,20)11-5-10(16(17)18)8(12)4-9(11)13/h4-5,7,14H,2-3,6H2,1H3. The Balaban J connectivity index is 2.48. The summed E-state index contributed by atoms with van der Waals surface area (Å²) >= 11 is 0. The third-order valence-corrected chi connectivity index (χ3v) is 5.33. The average Bonchev–Trinajstić information content (AvgIpc) is 2.90. The number of nitrogens with one attached hydrogen (secondary N) is 1. The average molecular weight is 321 g/mol. The molecule has 1 aliphatic heterocycles. The predicted octanol–water partition coefficient (Wildman–Crippen LogP) is 0.855. The lowest BCUT2D eigenvalue weighted by Gasteiger charge is -2.23. The third kappa shape index (κ3) is 2.87. The minimum absolute atomic E-state index is 0.214. The van der Waals surface area contributed by atoms with Crippen molar-refractivity contribution in [2.45, 2.75) is 17.4 Å². The molecule has 1 unspecified atom stereocenters. The normalized spacial score (nSPS) is 19.1. The summed E-state index contributed by atoms with van der Waals surface area (Å²) in [6, 6.07) is 0.253. The minimum Gasteiger partial charge on any atom is -0.315 e. The summed E-state index contributed by atoms with van der Waals surface area (Å²) in [5.74, 6) is -2.77. The monoisotopic (exact) mass is 321 g/mol. The second-order valence-corrected chi connectivity index (χ2v) is 6.62. The number of benzene rings is 1. The summed E-state index contributed by atoms with van der Waals surface area (Å²) in [6.07, 6.45) is 0.542. The highest BCUT2D eigenvalue weighted by molar-refractivity contribution is 7.89. The van der Waals surface area contributed by atoms with Crippen LogP contribution in [-0.4, -0.2) is 43.8 Å². The van der Waals surface area contributed by atoms with Crippen LogP contribution in [0.5, 0.6) is 0 Å². The van der Waals surface area contributed by atoms with E-state index in [-0.39, 0.29) is 12.1 Å². The van der Waals surface area contributed by atoms with Gasteiger partial charge in [-0.05, 0) is 13.0 Å². The predicted molar refractivity (Wildman–Crippen MR) is 69.2 cm³/mol. The number of sulfonamides is 1. The van der Waals surface area contributed by atoms with Crippen molar-refractivity contribution >= 4 is 15.7 Å². The summed E-state index contributed by atoms with van der Waals surface area (Å²) < 4.78 is 52.7. The Bertz CT molecular complexity index is 674. The van der Waals surface area contributed by atoms with Crippen LogP contribution in [-0.2, 0) is 10.0 Å².